The second-order valence-electron chi connectivity index (χ2n) is 7.32. The number of rotatable bonds is 6. The lowest BCUT2D eigenvalue weighted by Crippen LogP contribution is -2.26. The van der Waals surface area contributed by atoms with Crippen LogP contribution in [0.15, 0.2) is 101 Å². The van der Waals surface area contributed by atoms with Crippen molar-refractivity contribution in [2.45, 2.75) is 4.90 Å². The highest BCUT2D eigenvalue weighted by Crippen LogP contribution is 2.40. The normalized spacial score (nSPS) is 11.1. The average molecular weight is 460 g/mol. The van der Waals surface area contributed by atoms with Crippen LogP contribution >= 0.6 is 12.2 Å². The van der Waals surface area contributed by atoms with Crippen molar-refractivity contribution < 1.29 is 8.42 Å². The highest BCUT2D eigenvalue weighted by Gasteiger charge is 2.30. The summed E-state index contributed by atoms with van der Waals surface area (Å²) < 4.78 is 29.7. The van der Waals surface area contributed by atoms with E-state index in [1.54, 1.807) is 60.7 Å². The molecule has 4 aromatic rings. The van der Waals surface area contributed by atoms with Crippen molar-refractivity contribution in [1.29, 1.82) is 0 Å². The predicted octanol–water partition coefficient (Wildman–Crippen LogP) is 6.17. The van der Waals surface area contributed by atoms with Gasteiger partial charge in [-0.15, -0.1) is 0 Å². The molecule has 0 N–H and O–H groups in total. The van der Waals surface area contributed by atoms with Crippen molar-refractivity contribution in [3.63, 3.8) is 0 Å². The van der Waals surface area contributed by atoms with Crippen molar-refractivity contribution >= 4 is 60.9 Å². The smallest absolute Gasteiger partial charge is 0.269 e. The fourth-order valence-electron chi connectivity index (χ4n) is 3.73. The Labute approximate surface area is 193 Å². The molecule has 7 heteroatoms. The van der Waals surface area contributed by atoms with E-state index in [1.165, 1.54) is 4.31 Å². The summed E-state index contributed by atoms with van der Waals surface area (Å²) in [4.78, 5) is 6.29. The lowest BCUT2D eigenvalue weighted by atomic mass is 10.1. The number of isothiocyanates is 1. The first-order valence-corrected chi connectivity index (χ1v) is 11.8. The van der Waals surface area contributed by atoms with Gasteiger partial charge in [0.1, 0.15) is 0 Å². The van der Waals surface area contributed by atoms with Crippen LogP contribution in [0.5, 0.6) is 0 Å². The van der Waals surface area contributed by atoms with Gasteiger partial charge in [-0.25, -0.2) is 12.7 Å². The van der Waals surface area contributed by atoms with Crippen molar-refractivity contribution in [3.05, 3.63) is 91.0 Å². The lowest BCUT2D eigenvalue weighted by Gasteiger charge is -2.26. The molecule has 0 radical (unpaired) electrons. The Morgan fingerprint density at radius 3 is 2.09 bits per heavy atom. The van der Waals surface area contributed by atoms with Gasteiger partial charge in [0.15, 0.2) is 0 Å². The highest BCUT2D eigenvalue weighted by molar-refractivity contribution is 7.93. The number of sulfonamides is 1. The molecule has 0 fully saturated rings. The van der Waals surface area contributed by atoms with Crippen LogP contribution in [-0.2, 0) is 10.0 Å². The molecular weight excluding hydrogens is 438 g/mol. The third-order valence-electron chi connectivity index (χ3n) is 5.12. The summed E-state index contributed by atoms with van der Waals surface area (Å²) in [5.74, 6) is 0. The van der Waals surface area contributed by atoms with Crippen LogP contribution in [0.2, 0.25) is 0 Å². The maximum Gasteiger partial charge on any atom is 0.269 e. The van der Waals surface area contributed by atoms with E-state index in [1.807, 2.05) is 49.3 Å². The Hall–Kier alpha value is -3.51. The number of fused-ring (bicyclic) bond motifs is 1. The number of nitrogens with zero attached hydrogens (tertiary/aromatic N) is 3. The SMILES string of the molecule is CN(C)c1cccc2c(S(=O)(=O)N(c3ccccc3)c3ccccc3N=C=S)cccc12. The van der Waals surface area contributed by atoms with Crippen LogP contribution in [-0.4, -0.2) is 27.7 Å². The zero-order valence-electron chi connectivity index (χ0n) is 17.6. The van der Waals surface area contributed by atoms with E-state index in [4.69, 9.17) is 12.2 Å². The molecule has 0 atom stereocenters. The second-order valence-corrected chi connectivity index (χ2v) is 9.26. The molecule has 0 aliphatic heterocycles. The average Bonchev–Trinajstić information content (AvgIpc) is 2.80. The van der Waals surface area contributed by atoms with Crippen LogP contribution in [0.3, 0.4) is 0 Å². The second kappa shape index (κ2) is 8.93. The van der Waals surface area contributed by atoms with Gasteiger partial charge in [0.2, 0.25) is 0 Å². The Morgan fingerprint density at radius 1 is 0.750 bits per heavy atom. The van der Waals surface area contributed by atoms with Gasteiger partial charge in [-0.3, -0.25) is 0 Å². The van der Waals surface area contributed by atoms with E-state index >= 15 is 0 Å². The summed E-state index contributed by atoms with van der Waals surface area (Å²) in [7, 11) is -0.151. The molecule has 0 saturated heterocycles. The topological polar surface area (TPSA) is 53.0 Å². The number of anilines is 3. The third-order valence-corrected chi connectivity index (χ3v) is 7.01. The Bertz CT molecular complexity index is 1430. The Kier molecular flexibility index (Phi) is 6.06. The summed E-state index contributed by atoms with van der Waals surface area (Å²) >= 11 is 4.80. The van der Waals surface area contributed by atoms with E-state index < -0.39 is 10.0 Å². The molecule has 0 unspecified atom stereocenters. The maximum absolute atomic E-state index is 14.2. The molecule has 5 nitrogen and oxygen atoms in total. The maximum atomic E-state index is 14.2. The highest BCUT2D eigenvalue weighted by atomic mass is 32.2. The van der Waals surface area contributed by atoms with Crippen LogP contribution in [0.1, 0.15) is 0 Å². The van der Waals surface area contributed by atoms with E-state index in [0.717, 1.165) is 11.1 Å². The van der Waals surface area contributed by atoms with E-state index in [-0.39, 0.29) is 4.90 Å². The first-order chi connectivity index (χ1) is 15.4. The number of hydrogen-bond donors (Lipinski definition) is 0. The van der Waals surface area contributed by atoms with E-state index in [9.17, 15) is 8.42 Å². The molecule has 0 aliphatic rings. The van der Waals surface area contributed by atoms with Crippen molar-refractivity contribution in [3.8, 4) is 0 Å². The molecule has 0 amide bonds. The van der Waals surface area contributed by atoms with Crippen LogP contribution in [0.4, 0.5) is 22.7 Å². The zero-order chi connectivity index (χ0) is 22.7. The molecular formula is C25H21N3O2S2. The molecule has 4 aromatic carbocycles. The fraction of sp³-hybridized carbons (Fsp3) is 0.0800. The summed E-state index contributed by atoms with van der Waals surface area (Å²) in [6.45, 7) is 0. The molecule has 32 heavy (non-hydrogen) atoms. The predicted molar refractivity (Wildman–Crippen MR) is 135 cm³/mol. The summed E-state index contributed by atoms with van der Waals surface area (Å²) in [6.07, 6.45) is 0. The van der Waals surface area contributed by atoms with Crippen molar-refractivity contribution in [2.24, 2.45) is 4.99 Å². The molecule has 0 aromatic heterocycles. The zero-order valence-corrected chi connectivity index (χ0v) is 19.3. The van der Waals surface area contributed by atoms with Gasteiger partial charge < -0.3 is 4.90 Å². The fourth-order valence-corrected chi connectivity index (χ4v) is 5.54. The van der Waals surface area contributed by atoms with Gasteiger partial charge in [0.05, 0.1) is 27.1 Å². The van der Waals surface area contributed by atoms with Crippen LogP contribution in [0.25, 0.3) is 10.8 Å². The monoisotopic (exact) mass is 459 g/mol. The minimum Gasteiger partial charge on any atom is -0.377 e. The van der Waals surface area contributed by atoms with Gasteiger partial charge >= 0.3 is 0 Å². The number of benzene rings is 4. The largest absolute Gasteiger partial charge is 0.377 e. The van der Waals surface area contributed by atoms with Gasteiger partial charge in [-0.1, -0.05) is 54.6 Å². The first kappa shape index (κ1) is 21.7. The van der Waals surface area contributed by atoms with E-state index in [0.29, 0.717) is 22.4 Å². The first-order valence-electron chi connectivity index (χ1n) is 9.91. The number of thiocarbonyl (C=S) groups is 1. The number of aliphatic imine (C=N–C) groups is 1. The van der Waals surface area contributed by atoms with Gasteiger partial charge in [0.25, 0.3) is 10.0 Å². The quantitative estimate of drug-likeness (QED) is 0.256. The van der Waals surface area contributed by atoms with Crippen LogP contribution in [0, 0.1) is 0 Å². The Balaban J connectivity index is 2.04. The van der Waals surface area contributed by atoms with Crippen LogP contribution < -0.4 is 9.21 Å². The lowest BCUT2D eigenvalue weighted by molar-refractivity contribution is 0.597. The van der Waals surface area contributed by atoms with E-state index in [2.05, 4.69) is 10.2 Å². The van der Waals surface area contributed by atoms with Crippen molar-refractivity contribution in [2.75, 3.05) is 23.3 Å². The Morgan fingerprint density at radius 2 is 1.38 bits per heavy atom. The summed E-state index contributed by atoms with van der Waals surface area (Å²) in [5, 5.41) is 3.86. The summed E-state index contributed by atoms with van der Waals surface area (Å²) in [6, 6.07) is 27.0. The molecule has 0 bridgehead atoms. The van der Waals surface area contributed by atoms with Crippen molar-refractivity contribution in [1.82, 2.24) is 0 Å². The minimum absolute atomic E-state index is 0.212. The molecule has 4 rings (SSSR count). The molecule has 0 aliphatic carbocycles. The number of para-hydroxylation sites is 3. The molecule has 160 valence electrons. The standard InChI is InChI=1S/C25H21N3O2S2/c1-27(2)23-16-8-13-21-20(23)12-9-17-25(21)32(29,30)28(19-10-4-3-5-11-19)24-15-7-6-14-22(24)26-18-31/h3-17H,1-2H3. The molecule has 0 spiro atoms. The minimum atomic E-state index is -4.02. The number of hydrogen-bond acceptors (Lipinski definition) is 5. The third kappa shape index (κ3) is 3.89. The summed E-state index contributed by atoms with van der Waals surface area (Å²) in [5.41, 5.74) is 2.26. The van der Waals surface area contributed by atoms with Gasteiger partial charge in [-0.2, -0.15) is 4.99 Å². The van der Waals surface area contributed by atoms with Gasteiger partial charge in [-0.05, 0) is 48.6 Å². The van der Waals surface area contributed by atoms with Gasteiger partial charge in [0, 0.05) is 30.6 Å². The molecule has 0 saturated carbocycles. The molecule has 0 heterocycles.